The molecule has 0 bridgehead atoms. The van der Waals surface area contributed by atoms with Crippen molar-refractivity contribution in [3.8, 4) is 0 Å². The SMILES string of the molecule is C=C1CCOC1C=O. The van der Waals surface area contributed by atoms with Gasteiger partial charge in [-0.25, -0.2) is 0 Å². The number of carbonyl (C=O) groups is 1. The normalized spacial score (nSPS) is 28.5. The Bertz CT molecular complexity index is 118. The minimum Gasteiger partial charge on any atom is -0.366 e. The number of hydrogen-bond donors (Lipinski definition) is 0. The average molecular weight is 112 g/mol. The fourth-order valence-electron chi connectivity index (χ4n) is 0.713. The van der Waals surface area contributed by atoms with E-state index in [-0.39, 0.29) is 6.10 Å². The standard InChI is InChI=1S/C6H8O2/c1-5-2-3-8-6(5)4-7/h4,6H,1-3H2. The first-order valence-corrected chi connectivity index (χ1v) is 2.59. The molecular formula is C6H8O2. The number of rotatable bonds is 1. The van der Waals surface area contributed by atoms with Crippen LogP contribution in [0.3, 0.4) is 0 Å². The van der Waals surface area contributed by atoms with Crippen molar-refractivity contribution >= 4 is 6.29 Å². The van der Waals surface area contributed by atoms with Gasteiger partial charge < -0.3 is 9.53 Å². The lowest BCUT2D eigenvalue weighted by molar-refractivity contribution is -0.114. The number of carbonyl (C=O) groups excluding carboxylic acids is 1. The third-order valence-electron chi connectivity index (χ3n) is 1.25. The van der Waals surface area contributed by atoms with Gasteiger partial charge >= 0.3 is 0 Å². The van der Waals surface area contributed by atoms with Crippen molar-refractivity contribution in [1.82, 2.24) is 0 Å². The summed E-state index contributed by atoms with van der Waals surface area (Å²) in [6, 6.07) is 0. The number of aldehydes is 1. The Morgan fingerprint density at radius 2 is 2.62 bits per heavy atom. The first kappa shape index (κ1) is 5.51. The summed E-state index contributed by atoms with van der Waals surface area (Å²) in [6.45, 7) is 4.31. The van der Waals surface area contributed by atoms with E-state index in [4.69, 9.17) is 4.74 Å². The molecule has 1 aliphatic heterocycles. The Kier molecular flexibility index (Phi) is 1.44. The third-order valence-corrected chi connectivity index (χ3v) is 1.25. The first-order chi connectivity index (χ1) is 3.84. The molecule has 1 atom stereocenters. The monoisotopic (exact) mass is 112 g/mol. The van der Waals surface area contributed by atoms with Crippen LogP contribution < -0.4 is 0 Å². The topological polar surface area (TPSA) is 26.3 Å². The van der Waals surface area contributed by atoms with Crippen LogP contribution in [-0.2, 0) is 9.53 Å². The molecule has 44 valence electrons. The summed E-state index contributed by atoms with van der Waals surface area (Å²) in [4.78, 5) is 10.0. The predicted octanol–water partition coefficient (Wildman–Crippen LogP) is 0.530. The van der Waals surface area contributed by atoms with E-state index in [1.807, 2.05) is 0 Å². The summed E-state index contributed by atoms with van der Waals surface area (Å²) in [5, 5.41) is 0. The highest BCUT2D eigenvalue weighted by molar-refractivity contribution is 5.62. The summed E-state index contributed by atoms with van der Waals surface area (Å²) < 4.78 is 4.95. The lowest BCUT2D eigenvalue weighted by Gasteiger charge is -1.96. The Balaban J connectivity index is 2.54. The van der Waals surface area contributed by atoms with Crippen molar-refractivity contribution in [3.05, 3.63) is 12.2 Å². The summed E-state index contributed by atoms with van der Waals surface area (Å²) >= 11 is 0. The zero-order valence-electron chi connectivity index (χ0n) is 4.59. The van der Waals surface area contributed by atoms with Crippen LogP contribution >= 0.6 is 0 Å². The van der Waals surface area contributed by atoms with Gasteiger partial charge in [0.2, 0.25) is 0 Å². The van der Waals surface area contributed by atoms with Crippen LogP contribution in [0.15, 0.2) is 12.2 Å². The van der Waals surface area contributed by atoms with Crippen LogP contribution in [0.4, 0.5) is 0 Å². The zero-order valence-corrected chi connectivity index (χ0v) is 4.59. The second kappa shape index (κ2) is 2.09. The average Bonchev–Trinajstić information content (AvgIpc) is 2.14. The molecule has 1 fully saturated rings. The van der Waals surface area contributed by atoms with Crippen LogP contribution in [0.5, 0.6) is 0 Å². The van der Waals surface area contributed by atoms with Gasteiger partial charge in [-0.15, -0.1) is 0 Å². The van der Waals surface area contributed by atoms with E-state index < -0.39 is 0 Å². The fourth-order valence-corrected chi connectivity index (χ4v) is 0.713. The van der Waals surface area contributed by atoms with Crippen LogP contribution in [0.1, 0.15) is 6.42 Å². The van der Waals surface area contributed by atoms with E-state index in [9.17, 15) is 4.79 Å². The van der Waals surface area contributed by atoms with Crippen molar-refractivity contribution in [1.29, 1.82) is 0 Å². The molecule has 1 rings (SSSR count). The maximum Gasteiger partial charge on any atom is 0.152 e. The van der Waals surface area contributed by atoms with Gasteiger partial charge in [-0.3, -0.25) is 0 Å². The van der Waals surface area contributed by atoms with Crippen LogP contribution in [0.2, 0.25) is 0 Å². The van der Waals surface area contributed by atoms with Gasteiger partial charge in [0.15, 0.2) is 6.29 Å². The Hall–Kier alpha value is -0.630. The van der Waals surface area contributed by atoms with E-state index in [1.54, 1.807) is 0 Å². The van der Waals surface area contributed by atoms with Gasteiger partial charge in [-0.2, -0.15) is 0 Å². The van der Waals surface area contributed by atoms with Gasteiger partial charge in [-0.1, -0.05) is 6.58 Å². The first-order valence-electron chi connectivity index (χ1n) is 2.59. The number of ether oxygens (including phenoxy) is 1. The molecule has 1 aliphatic rings. The molecule has 2 nitrogen and oxygen atoms in total. The van der Waals surface area contributed by atoms with E-state index in [2.05, 4.69) is 6.58 Å². The molecule has 0 saturated carbocycles. The number of hydrogen-bond acceptors (Lipinski definition) is 2. The molecule has 0 radical (unpaired) electrons. The van der Waals surface area contributed by atoms with E-state index >= 15 is 0 Å². The van der Waals surface area contributed by atoms with Crippen LogP contribution in [-0.4, -0.2) is 19.0 Å². The molecule has 8 heavy (non-hydrogen) atoms. The van der Waals surface area contributed by atoms with Crippen LogP contribution in [0.25, 0.3) is 0 Å². The van der Waals surface area contributed by atoms with Gasteiger partial charge in [0.25, 0.3) is 0 Å². The smallest absolute Gasteiger partial charge is 0.152 e. The van der Waals surface area contributed by atoms with Crippen molar-refractivity contribution in [2.24, 2.45) is 0 Å². The fraction of sp³-hybridized carbons (Fsp3) is 0.500. The van der Waals surface area contributed by atoms with Gasteiger partial charge in [0.05, 0.1) is 6.61 Å². The highest BCUT2D eigenvalue weighted by atomic mass is 16.5. The molecule has 0 amide bonds. The van der Waals surface area contributed by atoms with Gasteiger partial charge in [0.1, 0.15) is 6.10 Å². The molecule has 0 N–H and O–H groups in total. The summed E-state index contributed by atoms with van der Waals surface area (Å²) in [7, 11) is 0. The predicted molar refractivity (Wildman–Crippen MR) is 29.6 cm³/mol. The molecule has 0 aliphatic carbocycles. The molecule has 1 saturated heterocycles. The lowest BCUT2D eigenvalue weighted by Crippen LogP contribution is -2.06. The Morgan fingerprint density at radius 1 is 1.88 bits per heavy atom. The summed E-state index contributed by atoms with van der Waals surface area (Å²) in [5.74, 6) is 0. The Labute approximate surface area is 48.1 Å². The van der Waals surface area contributed by atoms with Gasteiger partial charge in [0, 0.05) is 0 Å². The molecule has 0 spiro atoms. The molecule has 0 aromatic heterocycles. The molecule has 1 heterocycles. The van der Waals surface area contributed by atoms with E-state index in [1.165, 1.54) is 0 Å². The maximum atomic E-state index is 10.0. The van der Waals surface area contributed by atoms with Crippen LogP contribution in [0, 0.1) is 0 Å². The lowest BCUT2D eigenvalue weighted by atomic mass is 10.2. The minimum absolute atomic E-state index is 0.310. The van der Waals surface area contributed by atoms with Crippen molar-refractivity contribution in [3.63, 3.8) is 0 Å². The largest absolute Gasteiger partial charge is 0.366 e. The zero-order chi connectivity index (χ0) is 5.98. The second-order valence-corrected chi connectivity index (χ2v) is 1.84. The molecule has 0 aromatic rings. The Morgan fingerprint density at radius 3 is 2.88 bits per heavy atom. The quantitative estimate of drug-likeness (QED) is 0.365. The van der Waals surface area contributed by atoms with E-state index in [0.29, 0.717) is 6.61 Å². The molecule has 0 aromatic carbocycles. The molecular weight excluding hydrogens is 104 g/mol. The summed E-state index contributed by atoms with van der Waals surface area (Å²) in [6.07, 6.45) is 1.31. The summed E-state index contributed by atoms with van der Waals surface area (Å²) in [5.41, 5.74) is 0.903. The molecule has 2 heteroatoms. The highest BCUT2D eigenvalue weighted by Crippen LogP contribution is 2.14. The van der Waals surface area contributed by atoms with Crippen molar-refractivity contribution in [2.45, 2.75) is 12.5 Å². The highest BCUT2D eigenvalue weighted by Gasteiger charge is 2.17. The third kappa shape index (κ3) is 0.793. The van der Waals surface area contributed by atoms with Crippen molar-refractivity contribution < 1.29 is 9.53 Å². The minimum atomic E-state index is -0.310. The maximum absolute atomic E-state index is 10.0. The van der Waals surface area contributed by atoms with Crippen molar-refractivity contribution in [2.75, 3.05) is 6.61 Å². The molecule has 1 unspecified atom stereocenters. The second-order valence-electron chi connectivity index (χ2n) is 1.84. The van der Waals surface area contributed by atoms with Gasteiger partial charge in [-0.05, 0) is 12.0 Å². The van der Waals surface area contributed by atoms with E-state index in [0.717, 1.165) is 18.3 Å².